The van der Waals surface area contributed by atoms with Crippen LogP contribution in [-0.2, 0) is 16.1 Å². The maximum absolute atomic E-state index is 12.7. The van der Waals surface area contributed by atoms with Crippen molar-refractivity contribution in [2.75, 3.05) is 19.0 Å². The Balaban J connectivity index is 1.80. The molecule has 1 aromatic heterocycles. The number of hydrogen-bond acceptors (Lipinski definition) is 6. The molecule has 1 N–H and O–H groups in total. The molecule has 0 radical (unpaired) electrons. The summed E-state index contributed by atoms with van der Waals surface area (Å²) in [6.45, 7) is 3.75. The zero-order chi connectivity index (χ0) is 21.7. The Labute approximate surface area is 173 Å². The van der Waals surface area contributed by atoms with Crippen LogP contribution in [0.3, 0.4) is 0 Å². The normalized spacial score (nSPS) is 10.8. The van der Waals surface area contributed by atoms with Crippen LogP contribution in [0.15, 0.2) is 53.3 Å². The molecule has 0 fully saturated rings. The highest BCUT2D eigenvalue weighted by molar-refractivity contribution is 6.03. The van der Waals surface area contributed by atoms with E-state index in [1.165, 1.54) is 11.8 Å². The number of rotatable bonds is 7. The third kappa shape index (κ3) is 4.65. The number of carbonyl (C=O) groups excluding carboxylic acids is 2. The number of para-hydroxylation sites is 2. The van der Waals surface area contributed by atoms with Gasteiger partial charge in [0.15, 0.2) is 12.3 Å². The van der Waals surface area contributed by atoms with Crippen molar-refractivity contribution in [1.29, 1.82) is 0 Å². The highest BCUT2D eigenvalue weighted by Gasteiger charge is 2.19. The molecule has 0 saturated heterocycles. The van der Waals surface area contributed by atoms with Gasteiger partial charge in [0.05, 0.1) is 18.2 Å². The van der Waals surface area contributed by atoms with Crippen molar-refractivity contribution < 1.29 is 19.1 Å². The van der Waals surface area contributed by atoms with Crippen LogP contribution in [0.5, 0.6) is 5.75 Å². The van der Waals surface area contributed by atoms with Gasteiger partial charge in [0, 0.05) is 11.9 Å². The van der Waals surface area contributed by atoms with Gasteiger partial charge in [-0.1, -0.05) is 44.2 Å². The molecule has 8 heteroatoms. The van der Waals surface area contributed by atoms with Gasteiger partial charge in [-0.25, -0.2) is 9.48 Å². The summed E-state index contributed by atoms with van der Waals surface area (Å²) in [4.78, 5) is 37.6. The first-order valence-corrected chi connectivity index (χ1v) is 9.50. The van der Waals surface area contributed by atoms with E-state index in [1.807, 2.05) is 13.8 Å². The van der Waals surface area contributed by atoms with Crippen molar-refractivity contribution in [2.45, 2.75) is 20.4 Å². The fourth-order valence-electron chi connectivity index (χ4n) is 2.99. The van der Waals surface area contributed by atoms with Gasteiger partial charge in [0.1, 0.15) is 5.75 Å². The molecule has 2 aromatic carbocycles. The van der Waals surface area contributed by atoms with E-state index in [4.69, 9.17) is 9.47 Å². The van der Waals surface area contributed by atoms with Crippen molar-refractivity contribution in [1.82, 2.24) is 9.78 Å². The van der Waals surface area contributed by atoms with Crippen LogP contribution in [-0.4, -0.2) is 35.4 Å². The van der Waals surface area contributed by atoms with Gasteiger partial charge in [0.2, 0.25) is 0 Å². The Morgan fingerprint density at radius 2 is 1.73 bits per heavy atom. The standard InChI is InChI=1S/C22H23N3O5/c1-14(2)12-25-21(27)16-9-5-4-8-15(16)20(24-25)22(28)30-13-19(26)23-17-10-6-7-11-18(17)29-3/h4-11,14H,12-13H2,1-3H3,(H,23,26). The Hall–Kier alpha value is -3.68. The molecule has 0 atom stereocenters. The molecule has 30 heavy (non-hydrogen) atoms. The van der Waals surface area contributed by atoms with Gasteiger partial charge in [-0.05, 0) is 24.1 Å². The predicted molar refractivity (Wildman–Crippen MR) is 113 cm³/mol. The smallest absolute Gasteiger partial charge is 0.359 e. The zero-order valence-electron chi connectivity index (χ0n) is 17.0. The molecular formula is C22H23N3O5. The second-order valence-electron chi connectivity index (χ2n) is 7.10. The number of nitrogens with zero attached hydrogens (tertiary/aromatic N) is 2. The number of ether oxygens (including phenoxy) is 2. The molecule has 0 saturated carbocycles. The second-order valence-corrected chi connectivity index (χ2v) is 7.10. The van der Waals surface area contributed by atoms with Crippen molar-refractivity contribution in [3.63, 3.8) is 0 Å². The average molecular weight is 409 g/mol. The summed E-state index contributed by atoms with van der Waals surface area (Å²) in [5.74, 6) is -0.649. The number of carbonyl (C=O) groups is 2. The third-order valence-electron chi connectivity index (χ3n) is 4.31. The number of benzene rings is 2. The molecule has 1 heterocycles. The van der Waals surface area contributed by atoms with E-state index < -0.39 is 18.5 Å². The average Bonchev–Trinajstić information content (AvgIpc) is 2.74. The summed E-state index contributed by atoms with van der Waals surface area (Å²) in [5.41, 5.74) is 0.191. The maximum atomic E-state index is 12.7. The molecule has 0 aliphatic rings. The number of methoxy groups -OCH3 is 1. The van der Waals surface area contributed by atoms with Crippen LogP contribution in [0.25, 0.3) is 10.8 Å². The number of nitrogens with one attached hydrogen (secondary N) is 1. The number of esters is 1. The van der Waals surface area contributed by atoms with E-state index in [2.05, 4.69) is 10.4 Å². The van der Waals surface area contributed by atoms with Crippen molar-refractivity contribution in [3.05, 3.63) is 64.6 Å². The lowest BCUT2D eigenvalue weighted by Gasteiger charge is -2.13. The van der Waals surface area contributed by atoms with E-state index in [0.29, 0.717) is 28.8 Å². The number of anilines is 1. The van der Waals surface area contributed by atoms with E-state index in [9.17, 15) is 14.4 Å². The van der Waals surface area contributed by atoms with Gasteiger partial charge in [-0.3, -0.25) is 9.59 Å². The number of hydrogen-bond donors (Lipinski definition) is 1. The lowest BCUT2D eigenvalue weighted by molar-refractivity contribution is -0.119. The molecule has 8 nitrogen and oxygen atoms in total. The maximum Gasteiger partial charge on any atom is 0.359 e. The van der Waals surface area contributed by atoms with Gasteiger partial charge < -0.3 is 14.8 Å². The summed E-state index contributed by atoms with van der Waals surface area (Å²) in [6, 6.07) is 13.6. The van der Waals surface area contributed by atoms with E-state index >= 15 is 0 Å². The molecule has 1 amide bonds. The molecule has 0 spiro atoms. The van der Waals surface area contributed by atoms with E-state index in [0.717, 1.165) is 0 Å². The minimum atomic E-state index is -0.779. The summed E-state index contributed by atoms with van der Waals surface area (Å²) in [5, 5.41) is 7.60. The van der Waals surface area contributed by atoms with Crippen LogP contribution in [0.2, 0.25) is 0 Å². The van der Waals surface area contributed by atoms with Gasteiger partial charge >= 0.3 is 5.97 Å². The van der Waals surface area contributed by atoms with Gasteiger partial charge in [-0.2, -0.15) is 5.10 Å². The fourth-order valence-corrected chi connectivity index (χ4v) is 2.99. The number of amides is 1. The summed E-state index contributed by atoms with van der Waals surface area (Å²) in [6.07, 6.45) is 0. The molecule has 0 aliphatic carbocycles. The minimum absolute atomic E-state index is 0.00376. The molecule has 0 bridgehead atoms. The van der Waals surface area contributed by atoms with Gasteiger partial charge in [0.25, 0.3) is 11.5 Å². The predicted octanol–water partition coefficient (Wildman–Crippen LogP) is 2.86. The summed E-state index contributed by atoms with van der Waals surface area (Å²) in [7, 11) is 1.49. The lowest BCUT2D eigenvalue weighted by atomic mass is 10.1. The first-order chi connectivity index (χ1) is 14.4. The highest BCUT2D eigenvalue weighted by atomic mass is 16.5. The molecule has 0 aliphatic heterocycles. The monoisotopic (exact) mass is 409 g/mol. The first kappa shape index (κ1) is 21.0. The Morgan fingerprint density at radius 1 is 1.07 bits per heavy atom. The number of fused-ring (bicyclic) bond motifs is 1. The van der Waals surface area contributed by atoms with Crippen molar-refractivity contribution in [3.8, 4) is 5.75 Å². The van der Waals surface area contributed by atoms with E-state index in [1.54, 1.807) is 48.5 Å². The molecule has 3 rings (SSSR count). The third-order valence-corrected chi connectivity index (χ3v) is 4.31. The Bertz CT molecular complexity index is 1140. The lowest BCUT2D eigenvalue weighted by Crippen LogP contribution is -2.29. The number of aromatic nitrogens is 2. The second kappa shape index (κ2) is 9.21. The van der Waals surface area contributed by atoms with Crippen molar-refractivity contribution in [2.24, 2.45) is 5.92 Å². The van der Waals surface area contributed by atoms with Crippen LogP contribution < -0.4 is 15.6 Å². The first-order valence-electron chi connectivity index (χ1n) is 9.50. The molecule has 3 aromatic rings. The Morgan fingerprint density at radius 3 is 2.43 bits per heavy atom. The van der Waals surface area contributed by atoms with Crippen LogP contribution in [0, 0.1) is 5.92 Å². The molecule has 0 unspecified atom stereocenters. The Kier molecular flexibility index (Phi) is 6.46. The quantitative estimate of drug-likeness (QED) is 0.603. The summed E-state index contributed by atoms with van der Waals surface area (Å²) < 4.78 is 11.6. The summed E-state index contributed by atoms with van der Waals surface area (Å²) >= 11 is 0. The minimum Gasteiger partial charge on any atom is -0.495 e. The van der Waals surface area contributed by atoms with Crippen molar-refractivity contribution >= 4 is 28.3 Å². The van der Waals surface area contributed by atoms with Crippen LogP contribution >= 0.6 is 0 Å². The fraction of sp³-hybridized carbons (Fsp3) is 0.273. The van der Waals surface area contributed by atoms with Crippen LogP contribution in [0.4, 0.5) is 5.69 Å². The zero-order valence-corrected chi connectivity index (χ0v) is 17.0. The largest absolute Gasteiger partial charge is 0.495 e. The highest BCUT2D eigenvalue weighted by Crippen LogP contribution is 2.23. The van der Waals surface area contributed by atoms with Crippen LogP contribution in [0.1, 0.15) is 24.3 Å². The van der Waals surface area contributed by atoms with Gasteiger partial charge in [-0.15, -0.1) is 0 Å². The molecule has 156 valence electrons. The molecular weight excluding hydrogens is 386 g/mol. The van der Waals surface area contributed by atoms with E-state index in [-0.39, 0.29) is 17.2 Å². The SMILES string of the molecule is COc1ccccc1NC(=O)COC(=O)c1nn(CC(C)C)c(=O)c2ccccc12. The topological polar surface area (TPSA) is 99.5 Å².